The van der Waals surface area contributed by atoms with Gasteiger partial charge in [-0.05, 0) is 44.3 Å². The smallest absolute Gasteiger partial charge is 0.308 e. The van der Waals surface area contributed by atoms with Crippen LogP contribution in [0.3, 0.4) is 0 Å². The highest BCUT2D eigenvalue weighted by atomic mass is 16.5. The quantitative estimate of drug-likeness (QED) is 0.565. The van der Waals surface area contributed by atoms with Gasteiger partial charge >= 0.3 is 5.97 Å². The zero-order valence-electron chi connectivity index (χ0n) is 10.7. The molecule has 18 heavy (non-hydrogen) atoms. The van der Waals surface area contributed by atoms with Gasteiger partial charge in [0.15, 0.2) is 0 Å². The van der Waals surface area contributed by atoms with Gasteiger partial charge in [0.2, 0.25) is 0 Å². The molecular weight excluding hydrogens is 226 g/mol. The fourth-order valence-electron chi connectivity index (χ4n) is 1.81. The Balaban J connectivity index is 1.43. The van der Waals surface area contributed by atoms with Crippen molar-refractivity contribution in [1.82, 2.24) is 5.32 Å². The predicted molar refractivity (Wildman–Crippen MR) is 71.3 cm³/mol. The molecule has 1 aliphatic rings. The first-order valence-electron chi connectivity index (χ1n) is 6.77. The number of hydrogen-bond donors (Lipinski definition) is 1. The monoisotopic (exact) mass is 247 g/mol. The molecule has 0 aromatic heterocycles. The lowest BCUT2D eigenvalue weighted by atomic mass is 10.1. The van der Waals surface area contributed by atoms with E-state index in [4.69, 9.17) is 4.74 Å². The first-order valence-corrected chi connectivity index (χ1v) is 6.77. The van der Waals surface area contributed by atoms with Crippen LogP contribution in [0.25, 0.3) is 0 Å². The molecule has 2 rings (SSSR count). The summed E-state index contributed by atoms with van der Waals surface area (Å²) in [6, 6.07) is 10.4. The Morgan fingerprint density at radius 2 is 2.00 bits per heavy atom. The lowest BCUT2D eigenvalue weighted by Gasteiger charge is -2.06. The van der Waals surface area contributed by atoms with Gasteiger partial charge in [-0.15, -0.1) is 0 Å². The van der Waals surface area contributed by atoms with E-state index in [1.807, 2.05) is 6.07 Å². The maximum Gasteiger partial charge on any atom is 0.308 e. The molecule has 0 bridgehead atoms. The summed E-state index contributed by atoms with van der Waals surface area (Å²) in [6.45, 7) is 2.43. The number of carbonyl (C=O) groups is 1. The molecule has 3 heteroatoms. The molecule has 1 aromatic rings. The molecule has 98 valence electrons. The molecule has 0 unspecified atom stereocenters. The van der Waals surface area contributed by atoms with Crippen LogP contribution >= 0.6 is 0 Å². The van der Waals surface area contributed by atoms with Crippen LogP contribution < -0.4 is 5.32 Å². The number of carbonyl (C=O) groups excluding carboxylic acids is 1. The third-order valence-electron chi connectivity index (χ3n) is 3.09. The van der Waals surface area contributed by atoms with E-state index < -0.39 is 0 Å². The Hall–Kier alpha value is -1.35. The van der Waals surface area contributed by atoms with E-state index in [1.54, 1.807) is 0 Å². The number of benzene rings is 1. The molecule has 1 saturated carbocycles. The molecule has 1 aliphatic carbocycles. The number of hydrogen-bond acceptors (Lipinski definition) is 3. The standard InChI is InChI=1S/C15H21NO2/c17-15(14-7-8-14)18-12-4-10-16-11-9-13-5-2-1-3-6-13/h1-3,5-6,14,16H,4,7-12H2. The van der Waals surface area contributed by atoms with E-state index in [0.29, 0.717) is 6.61 Å². The van der Waals surface area contributed by atoms with Crippen LogP contribution in [0.1, 0.15) is 24.8 Å². The minimum atomic E-state index is -0.000662. The van der Waals surface area contributed by atoms with Crippen LogP contribution in [-0.4, -0.2) is 25.7 Å². The van der Waals surface area contributed by atoms with Crippen LogP contribution in [0.2, 0.25) is 0 Å². The van der Waals surface area contributed by atoms with Crippen molar-refractivity contribution >= 4 is 5.97 Å². The van der Waals surface area contributed by atoms with Crippen LogP contribution in [-0.2, 0) is 16.0 Å². The van der Waals surface area contributed by atoms with Crippen molar-refractivity contribution in [3.63, 3.8) is 0 Å². The Morgan fingerprint density at radius 1 is 1.22 bits per heavy atom. The SMILES string of the molecule is O=C(OCCCNCCc1ccccc1)C1CC1. The van der Waals surface area contributed by atoms with Gasteiger partial charge in [0.25, 0.3) is 0 Å². The van der Waals surface area contributed by atoms with E-state index >= 15 is 0 Å². The molecular formula is C15H21NO2. The minimum Gasteiger partial charge on any atom is -0.465 e. The van der Waals surface area contributed by atoms with Gasteiger partial charge in [-0.1, -0.05) is 30.3 Å². The van der Waals surface area contributed by atoms with E-state index in [0.717, 1.165) is 38.8 Å². The summed E-state index contributed by atoms with van der Waals surface area (Å²) in [5.74, 6) is 0.218. The molecule has 0 aliphatic heterocycles. The maximum atomic E-state index is 11.2. The molecule has 0 radical (unpaired) electrons. The average Bonchev–Trinajstić information content (AvgIpc) is 3.23. The molecule has 1 aromatic carbocycles. The second kappa shape index (κ2) is 7.17. The number of esters is 1. The van der Waals surface area contributed by atoms with E-state index in [2.05, 4.69) is 29.6 Å². The summed E-state index contributed by atoms with van der Waals surface area (Å²) in [7, 11) is 0. The third-order valence-corrected chi connectivity index (χ3v) is 3.09. The summed E-state index contributed by atoms with van der Waals surface area (Å²) >= 11 is 0. The van der Waals surface area contributed by atoms with Gasteiger partial charge in [-0.2, -0.15) is 0 Å². The Bertz CT molecular complexity index is 360. The van der Waals surface area contributed by atoms with Crippen molar-refractivity contribution in [2.75, 3.05) is 19.7 Å². The summed E-state index contributed by atoms with van der Waals surface area (Å²) < 4.78 is 5.15. The van der Waals surface area contributed by atoms with E-state index in [9.17, 15) is 4.79 Å². The number of rotatable bonds is 8. The third kappa shape index (κ3) is 4.88. The lowest BCUT2D eigenvalue weighted by Crippen LogP contribution is -2.20. The van der Waals surface area contributed by atoms with E-state index in [-0.39, 0.29) is 11.9 Å². The Kier molecular flexibility index (Phi) is 5.21. The van der Waals surface area contributed by atoms with Gasteiger partial charge in [0, 0.05) is 0 Å². The van der Waals surface area contributed by atoms with Crippen molar-refractivity contribution in [2.45, 2.75) is 25.7 Å². The summed E-state index contributed by atoms with van der Waals surface area (Å²) in [5, 5.41) is 3.36. The predicted octanol–water partition coefficient (Wildman–Crippen LogP) is 2.16. The lowest BCUT2D eigenvalue weighted by molar-refractivity contribution is -0.145. The van der Waals surface area contributed by atoms with Crippen LogP contribution in [0.15, 0.2) is 30.3 Å². The maximum absolute atomic E-state index is 11.2. The van der Waals surface area contributed by atoms with Gasteiger partial charge in [0.05, 0.1) is 12.5 Å². The van der Waals surface area contributed by atoms with Crippen LogP contribution in [0.5, 0.6) is 0 Å². The minimum absolute atomic E-state index is 0.000662. The first-order chi connectivity index (χ1) is 8.86. The Labute approximate surface area is 109 Å². The fraction of sp³-hybridized carbons (Fsp3) is 0.533. The highest BCUT2D eigenvalue weighted by molar-refractivity contribution is 5.74. The second-order valence-corrected chi connectivity index (χ2v) is 4.78. The molecule has 0 heterocycles. The van der Waals surface area contributed by atoms with Gasteiger partial charge in [-0.3, -0.25) is 4.79 Å². The van der Waals surface area contributed by atoms with Crippen molar-refractivity contribution in [2.24, 2.45) is 5.92 Å². The summed E-state index contributed by atoms with van der Waals surface area (Å²) in [5.41, 5.74) is 1.35. The Morgan fingerprint density at radius 3 is 2.72 bits per heavy atom. The molecule has 1 fully saturated rings. The van der Waals surface area contributed by atoms with E-state index in [1.165, 1.54) is 5.56 Å². The van der Waals surface area contributed by atoms with Gasteiger partial charge in [-0.25, -0.2) is 0 Å². The van der Waals surface area contributed by atoms with Gasteiger partial charge < -0.3 is 10.1 Å². The van der Waals surface area contributed by atoms with Crippen LogP contribution in [0, 0.1) is 5.92 Å². The largest absolute Gasteiger partial charge is 0.465 e. The molecule has 3 nitrogen and oxygen atoms in total. The molecule has 0 spiro atoms. The van der Waals surface area contributed by atoms with Crippen LogP contribution in [0.4, 0.5) is 0 Å². The van der Waals surface area contributed by atoms with Crippen molar-refractivity contribution in [1.29, 1.82) is 0 Å². The van der Waals surface area contributed by atoms with Crippen molar-refractivity contribution < 1.29 is 9.53 Å². The summed E-state index contributed by atoms with van der Waals surface area (Å²) in [4.78, 5) is 11.2. The second-order valence-electron chi connectivity index (χ2n) is 4.78. The average molecular weight is 247 g/mol. The highest BCUT2D eigenvalue weighted by Crippen LogP contribution is 2.29. The molecule has 0 atom stereocenters. The number of ether oxygens (including phenoxy) is 1. The molecule has 1 N–H and O–H groups in total. The fourth-order valence-corrected chi connectivity index (χ4v) is 1.81. The van der Waals surface area contributed by atoms with Gasteiger partial charge in [0.1, 0.15) is 0 Å². The number of nitrogens with one attached hydrogen (secondary N) is 1. The topological polar surface area (TPSA) is 38.3 Å². The van der Waals surface area contributed by atoms with Crippen molar-refractivity contribution in [3.8, 4) is 0 Å². The molecule has 0 saturated heterocycles. The highest BCUT2D eigenvalue weighted by Gasteiger charge is 2.30. The zero-order valence-corrected chi connectivity index (χ0v) is 10.7. The zero-order chi connectivity index (χ0) is 12.6. The normalized spacial score (nSPS) is 14.4. The summed E-state index contributed by atoms with van der Waals surface area (Å²) in [6.07, 6.45) is 3.98. The first kappa shape index (κ1) is 13.1. The molecule has 0 amide bonds. The van der Waals surface area contributed by atoms with Crippen molar-refractivity contribution in [3.05, 3.63) is 35.9 Å².